The zero-order valence-corrected chi connectivity index (χ0v) is 19.4. The van der Waals surface area contributed by atoms with Gasteiger partial charge in [-0.1, -0.05) is 37.5 Å². The van der Waals surface area contributed by atoms with Gasteiger partial charge in [-0.2, -0.15) is 0 Å². The highest BCUT2D eigenvalue weighted by atomic mass is 16.5. The average Bonchev–Trinajstić information content (AvgIpc) is 2.89. The Balaban J connectivity index is 1.76. The summed E-state index contributed by atoms with van der Waals surface area (Å²) in [6.45, 7) is 2.47. The van der Waals surface area contributed by atoms with E-state index in [9.17, 15) is 9.59 Å². The molecule has 1 atom stereocenters. The summed E-state index contributed by atoms with van der Waals surface area (Å²) in [5, 5.41) is 3.21. The molecule has 1 aliphatic rings. The third-order valence-corrected chi connectivity index (χ3v) is 5.99. The number of ether oxygens (including phenoxy) is 1. The van der Waals surface area contributed by atoms with Gasteiger partial charge in [0, 0.05) is 18.4 Å². The standard InChI is InChI=1S/C27H30N4O3/c1-2-34-23-15-13-20(14-16-23)25(26(32)30-21-9-4-3-5-10-21)31(22-11-8-17-28-19-22)27(33)24-12-6-7-18-29-24/h6-8,11-19,21,25H,2-5,9-10H2,1H3,(H,30,32)/t25-/m0/s1. The Labute approximate surface area is 200 Å². The molecular weight excluding hydrogens is 428 g/mol. The number of hydrogen-bond donors (Lipinski definition) is 1. The number of nitrogens with zero attached hydrogens (tertiary/aromatic N) is 3. The number of benzene rings is 1. The van der Waals surface area contributed by atoms with Crippen molar-refractivity contribution in [1.82, 2.24) is 15.3 Å². The van der Waals surface area contributed by atoms with E-state index in [-0.39, 0.29) is 23.6 Å². The van der Waals surface area contributed by atoms with Crippen molar-refractivity contribution in [2.75, 3.05) is 11.5 Å². The summed E-state index contributed by atoms with van der Waals surface area (Å²) >= 11 is 0. The molecule has 4 rings (SSSR count). The molecule has 0 radical (unpaired) electrons. The summed E-state index contributed by atoms with van der Waals surface area (Å²) in [5.74, 6) is 0.122. The second kappa shape index (κ2) is 11.4. The number of hydrogen-bond acceptors (Lipinski definition) is 5. The molecule has 0 saturated heterocycles. The largest absolute Gasteiger partial charge is 0.494 e. The second-order valence-corrected chi connectivity index (χ2v) is 8.35. The molecule has 2 amide bonds. The Bertz CT molecular complexity index is 1070. The van der Waals surface area contributed by atoms with E-state index in [2.05, 4.69) is 15.3 Å². The van der Waals surface area contributed by atoms with E-state index in [0.29, 0.717) is 23.6 Å². The van der Waals surface area contributed by atoms with E-state index in [0.717, 1.165) is 25.7 Å². The lowest BCUT2D eigenvalue weighted by molar-refractivity contribution is -0.123. The van der Waals surface area contributed by atoms with Crippen molar-refractivity contribution in [1.29, 1.82) is 0 Å². The fourth-order valence-corrected chi connectivity index (χ4v) is 4.35. The van der Waals surface area contributed by atoms with Crippen LogP contribution >= 0.6 is 0 Å². The molecule has 0 spiro atoms. The van der Waals surface area contributed by atoms with E-state index in [1.807, 2.05) is 31.2 Å². The molecule has 0 bridgehead atoms. The highest BCUT2D eigenvalue weighted by molar-refractivity contribution is 6.09. The van der Waals surface area contributed by atoms with Crippen LogP contribution in [0.3, 0.4) is 0 Å². The maximum atomic E-state index is 13.8. The molecule has 1 aliphatic carbocycles. The minimum Gasteiger partial charge on any atom is -0.494 e. The highest BCUT2D eigenvalue weighted by Gasteiger charge is 2.35. The quantitative estimate of drug-likeness (QED) is 0.528. The number of carbonyl (C=O) groups is 2. The van der Waals surface area contributed by atoms with Crippen molar-refractivity contribution in [2.24, 2.45) is 0 Å². The SMILES string of the molecule is CCOc1ccc([C@@H](C(=O)NC2CCCCC2)N(C(=O)c2ccccn2)c2cccnc2)cc1. The van der Waals surface area contributed by atoms with Gasteiger partial charge in [0.25, 0.3) is 5.91 Å². The molecule has 7 heteroatoms. The van der Waals surface area contributed by atoms with Crippen molar-refractivity contribution in [3.05, 3.63) is 84.4 Å². The predicted molar refractivity (Wildman–Crippen MR) is 131 cm³/mol. The van der Waals surface area contributed by atoms with Crippen molar-refractivity contribution >= 4 is 17.5 Å². The minimum absolute atomic E-state index is 0.104. The molecule has 7 nitrogen and oxygen atoms in total. The van der Waals surface area contributed by atoms with Crippen LogP contribution in [0.15, 0.2) is 73.2 Å². The molecule has 2 aromatic heterocycles. The van der Waals surface area contributed by atoms with Crippen molar-refractivity contribution in [3.63, 3.8) is 0 Å². The molecule has 3 aromatic rings. The number of aromatic nitrogens is 2. The van der Waals surface area contributed by atoms with Crippen LogP contribution in [0.25, 0.3) is 0 Å². The van der Waals surface area contributed by atoms with E-state index >= 15 is 0 Å². The molecule has 1 N–H and O–H groups in total. The van der Waals surface area contributed by atoms with Gasteiger partial charge in [-0.15, -0.1) is 0 Å². The normalized spacial score (nSPS) is 14.7. The van der Waals surface area contributed by atoms with Crippen LogP contribution in [0.5, 0.6) is 5.75 Å². The third kappa shape index (κ3) is 5.60. The van der Waals surface area contributed by atoms with Gasteiger partial charge in [-0.3, -0.25) is 24.5 Å². The summed E-state index contributed by atoms with van der Waals surface area (Å²) in [5.41, 5.74) is 1.47. The minimum atomic E-state index is -0.892. The van der Waals surface area contributed by atoms with Crippen molar-refractivity contribution < 1.29 is 14.3 Å². The van der Waals surface area contributed by atoms with Gasteiger partial charge >= 0.3 is 0 Å². The number of rotatable bonds is 8. The fraction of sp³-hybridized carbons (Fsp3) is 0.333. The summed E-state index contributed by atoms with van der Waals surface area (Å²) in [6.07, 6.45) is 10.1. The van der Waals surface area contributed by atoms with Gasteiger partial charge in [0.15, 0.2) is 0 Å². The molecular formula is C27H30N4O3. The smallest absolute Gasteiger partial charge is 0.277 e. The first-order chi connectivity index (χ1) is 16.7. The van der Waals surface area contributed by atoms with Crippen LogP contribution < -0.4 is 15.0 Å². The molecule has 0 aliphatic heterocycles. The maximum Gasteiger partial charge on any atom is 0.277 e. The summed E-state index contributed by atoms with van der Waals surface area (Å²) in [4.78, 5) is 37.5. The molecule has 34 heavy (non-hydrogen) atoms. The monoisotopic (exact) mass is 458 g/mol. The van der Waals surface area contributed by atoms with E-state index in [4.69, 9.17) is 4.74 Å². The van der Waals surface area contributed by atoms with Gasteiger partial charge in [0.2, 0.25) is 5.91 Å². The molecule has 1 saturated carbocycles. The van der Waals surface area contributed by atoms with Gasteiger partial charge in [-0.25, -0.2) is 0 Å². The number of amides is 2. The van der Waals surface area contributed by atoms with Crippen LogP contribution in [0.2, 0.25) is 0 Å². The number of anilines is 1. The van der Waals surface area contributed by atoms with Gasteiger partial charge in [0.1, 0.15) is 17.5 Å². The lowest BCUT2D eigenvalue weighted by Crippen LogP contribution is -2.47. The second-order valence-electron chi connectivity index (χ2n) is 8.35. The first kappa shape index (κ1) is 23.4. The van der Waals surface area contributed by atoms with E-state index in [1.54, 1.807) is 48.9 Å². The van der Waals surface area contributed by atoms with E-state index in [1.165, 1.54) is 11.3 Å². The lowest BCUT2D eigenvalue weighted by atomic mass is 9.94. The average molecular weight is 459 g/mol. The van der Waals surface area contributed by atoms with Crippen molar-refractivity contribution in [2.45, 2.75) is 51.1 Å². The number of nitrogens with one attached hydrogen (secondary N) is 1. The Morgan fingerprint density at radius 1 is 1.03 bits per heavy atom. The third-order valence-electron chi connectivity index (χ3n) is 5.99. The fourth-order valence-electron chi connectivity index (χ4n) is 4.35. The summed E-state index contributed by atoms with van der Waals surface area (Å²) < 4.78 is 5.58. The molecule has 176 valence electrons. The number of pyridine rings is 2. The van der Waals surface area contributed by atoms with Crippen LogP contribution in [0, 0.1) is 0 Å². The summed E-state index contributed by atoms with van der Waals surface area (Å²) in [7, 11) is 0. The van der Waals surface area contributed by atoms with E-state index < -0.39 is 6.04 Å². The zero-order valence-electron chi connectivity index (χ0n) is 19.4. The first-order valence-corrected chi connectivity index (χ1v) is 11.8. The highest BCUT2D eigenvalue weighted by Crippen LogP contribution is 2.31. The zero-order chi connectivity index (χ0) is 23.8. The Hall–Kier alpha value is -3.74. The Morgan fingerprint density at radius 3 is 2.47 bits per heavy atom. The Morgan fingerprint density at radius 2 is 1.82 bits per heavy atom. The number of carbonyl (C=O) groups excluding carboxylic acids is 2. The molecule has 0 unspecified atom stereocenters. The van der Waals surface area contributed by atoms with Gasteiger partial charge < -0.3 is 10.1 Å². The molecule has 1 aromatic carbocycles. The molecule has 1 fully saturated rings. The summed E-state index contributed by atoms with van der Waals surface area (Å²) in [6, 6.07) is 15.2. The van der Waals surface area contributed by atoms with Crippen LogP contribution in [-0.2, 0) is 4.79 Å². The van der Waals surface area contributed by atoms with Crippen LogP contribution in [0.1, 0.15) is 61.1 Å². The first-order valence-electron chi connectivity index (χ1n) is 11.8. The Kier molecular flexibility index (Phi) is 7.86. The molecule has 2 heterocycles. The van der Waals surface area contributed by atoms with Crippen LogP contribution in [0.4, 0.5) is 5.69 Å². The maximum absolute atomic E-state index is 13.8. The van der Waals surface area contributed by atoms with Gasteiger partial charge in [-0.05, 0) is 61.7 Å². The van der Waals surface area contributed by atoms with Crippen molar-refractivity contribution in [3.8, 4) is 5.75 Å². The topological polar surface area (TPSA) is 84.4 Å². The van der Waals surface area contributed by atoms with Gasteiger partial charge in [0.05, 0.1) is 18.5 Å². The lowest BCUT2D eigenvalue weighted by Gasteiger charge is -2.33. The van der Waals surface area contributed by atoms with Crippen LogP contribution in [-0.4, -0.2) is 34.4 Å². The predicted octanol–water partition coefficient (Wildman–Crippen LogP) is 4.71.